The SMILES string of the molecule is O=C(Nc1ccc(N2CCN(C(=O)c3ccc4ccccc4c3)CC2)cc1)c1cccc(Cl)c1. The van der Waals surface area contributed by atoms with Crippen LogP contribution in [0.3, 0.4) is 0 Å². The molecule has 0 saturated carbocycles. The number of nitrogens with zero attached hydrogens (tertiary/aromatic N) is 2. The van der Waals surface area contributed by atoms with Crippen molar-refractivity contribution in [2.45, 2.75) is 0 Å². The molecule has 0 atom stereocenters. The molecule has 170 valence electrons. The Morgan fingerprint density at radius 3 is 2.18 bits per heavy atom. The molecule has 4 aromatic rings. The molecule has 6 heteroatoms. The minimum atomic E-state index is -0.198. The molecule has 5 nitrogen and oxygen atoms in total. The number of benzene rings is 4. The van der Waals surface area contributed by atoms with Crippen LogP contribution in [0.4, 0.5) is 11.4 Å². The number of anilines is 2. The Morgan fingerprint density at radius 2 is 1.44 bits per heavy atom. The lowest BCUT2D eigenvalue weighted by Gasteiger charge is -2.36. The number of halogens is 1. The molecule has 1 N–H and O–H groups in total. The summed E-state index contributed by atoms with van der Waals surface area (Å²) in [7, 11) is 0. The highest BCUT2D eigenvalue weighted by atomic mass is 35.5. The van der Waals surface area contributed by atoms with Crippen LogP contribution in [-0.4, -0.2) is 42.9 Å². The first-order valence-electron chi connectivity index (χ1n) is 11.3. The Kier molecular flexibility index (Phi) is 6.19. The zero-order valence-electron chi connectivity index (χ0n) is 18.6. The summed E-state index contributed by atoms with van der Waals surface area (Å²) < 4.78 is 0. The number of hydrogen-bond donors (Lipinski definition) is 1. The average Bonchev–Trinajstić information content (AvgIpc) is 2.88. The van der Waals surface area contributed by atoms with E-state index in [0.717, 1.165) is 40.8 Å². The average molecular weight is 470 g/mol. The van der Waals surface area contributed by atoms with E-state index in [-0.39, 0.29) is 11.8 Å². The van der Waals surface area contributed by atoms with Crippen LogP contribution in [0.5, 0.6) is 0 Å². The fraction of sp³-hybridized carbons (Fsp3) is 0.143. The first kappa shape index (κ1) is 22.0. The molecule has 1 saturated heterocycles. The van der Waals surface area contributed by atoms with Gasteiger partial charge in [0.15, 0.2) is 0 Å². The maximum atomic E-state index is 13.0. The molecule has 0 bridgehead atoms. The van der Waals surface area contributed by atoms with Crippen molar-refractivity contribution in [1.29, 1.82) is 0 Å². The van der Waals surface area contributed by atoms with Gasteiger partial charge in [0.25, 0.3) is 11.8 Å². The fourth-order valence-corrected chi connectivity index (χ4v) is 4.45. The molecule has 0 spiro atoms. The van der Waals surface area contributed by atoms with Crippen LogP contribution >= 0.6 is 11.6 Å². The largest absolute Gasteiger partial charge is 0.368 e. The number of rotatable bonds is 4. The standard InChI is InChI=1S/C28H24ClN3O2/c29-24-7-3-6-22(19-24)27(33)30-25-10-12-26(13-11-25)31-14-16-32(17-15-31)28(34)23-9-8-20-4-1-2-5-21(20)18-23/h1-13,18-19H,14-17H2,(H,30,33). The van der Waals surface area contributed by atoms with E-state index < -0.39 is 0 Å². The maximum absolute atomic E-state index is 13.0. The maximum Gasteiger partial charge on any atom is 0.255 e. The monoisotopic (exact) mass is 469 g/mol. The predicted octanol–water partition coefficient (Wildman–Crippen LogP) is 5.71. The van der Waals surface area contributed by atoms with Gasteiger partial charge in [0.05, 0.1) is 0 Å². The van der Waals surface area contributed by atoms with Gasteiger partial charge in [-0.3, -0.25) is 9.59 Å². The van der Waals surface area contributed by atoms with Gasteiger partial charge in [-0.1, -0.05) is 48.0 Å². The molecule has 1 aliphatic heterocycles. The smallest absolute Gasteiger partial charge is 0.255 e. The predicted molar refractivity (Wildman–Crippen MR) is 138 cm³/mol. The second-order valence-electron chi connectivity index (χ2n) is 8.35. The molecule has 0 aliphatic carbocycles. The van der Waals surface area contributed by atoms with Gasteiger partial charge in [0.2, 0.25) is 0 Å². The van der Waals surface area contributed by atoms with Gasteiger partial charge in [-0.05, 0) is 65.4 Å². The molecule has 1 aliphatic rings. The van der Waals surface area contributed by atoms with E-state index in [4.69, 9.17) is 11.6 Å². The molecule has 1 fully saturated rings. The van der Waals surface area contributed by atoms with E-state index in [2.05, 4.69) is 16.3 Å². The van der Waals surface area contributed by atoms with Crippen molar-refractivity contribution in [1.82, 2.24) is 4.90 Å². The molecular weight excluding hydrogens is 446 g/mol. The third kappa shape index (κ3) is 4.75. The number of carbonyl (C=O) groups is 2. The van der Waals surface area contributed by atoms with Crippen LogP contribution in [0.1, 0.15) is 20.7 Å². The summed E-state index contributed by atoms with van der Waals surface area (Å²) in [5.74, 6) is -0.124. The number of amides is 2. The van der Waals surface area contributed by atoms with Gasteiger partial charge in [-0.2, -0.15) is 0 Å². The lowest BCUT2D eigenvalue weighted by Crippen LogP contribution is -2.48. The molecule has 2 amide bonds. The number of hydrogen-bond acceptors (Lipinski definition) is 3. The zero-order valence-corrected chi connectivity index (χ0v) is 19.3. The van der Waals surface area contributed by atoms with Crippen LogP contribution in [0, 0.1) is 0 Å². The topological polar surface area (TPSA) is 52.7 Å². The number of fused-ring (bicyclic) bond motifs is 1. The van der Waals surface area contributed by atoms with Crippen LogP contribution in [0.25, 0.3) is 10.8 Å². The lowest BCUT2D eigenvalue weighted by molar-refractivity contribution is 0.0746. The summed E-state index contributed by atoms with van der Waals surface area (Å²) in [5, 5.41) is 5.64. The van der Waals surface area contributed by atoms with Crippen LogP contribution < -0.4 is 10.2 Å². The normalized spacial score (nSPS) is 13.7. The van der Waals surface area contributed by atoms with Gasteiger partial charge >= 0.3 is 0 Å². The Labute approximate surface area is 203 Å². The van der Waals surface area contributed by atoms with Crippen molar-refractivity contribution < 1.29 is 9.59 Å². The number of piperazine rings is 1. The van der Waals surface area contributed by atoms with Gasteiger partial charge < -0.3 is 15.1 Å². The highest BCUT2D eigenvalue weighted by Crippen LogP contribution is 2.22. The van der Waals surface area contributed by atoms with E-state index in [1.807, 2.05) is 65.6 Å². The minimum Gasteiger partial charge on any atom is -0.368 e. The Balaban J connectivity index is 1.19. The van der Waals surface area contributed by atoms with E-state index in [0.29, 0.717) is 23.7 Å². The highest BCUT2D eigenvalue weighted by molar-refractivity contribution is 6.31. The summed E-state index contributed by atoms with van der Waals surface area (Å²) in [6, 6.07) is 28.6. The fourth-order valence-electron chi connectivity index (χ4n) is 4.26. The number of carbonyl (C=O) groups excluding carboxylic acids is 2. The Bertz CT molecular complexity index is 1350. The molecule has 1 heterocycles. The van der Waals surface area contributed by atoms with E-state index >= 15 is 0 Å². The second kappa shape index (κ2) is 9.57. The van der Waals surface area contributed by atoms with Crippen LogP contribution in [0.2, 0.25) is 5.02 Å². The quantitative estimate of drug-likeness (QED) is 0.416. The van der Waals surface area contributed by atoms with Crippen molar-refractivity contribution in [3.05, 3.63) is 107 Å². The molecule has 4 aromatic carbocycles. The van der Waals surface area contributed by atoms with E-state index in [1.165, 1.54) is 0 Å². The highest BCUT2D eigenvalue weighted by Gasteiger charge is 2.22. The first-order valence-corrected chi connectivity index (χ1v) is 11.6. The van der Waals surface area contributed by atoms with Crippen molar-refractivity contribution in [3.63, 3.8) is 0 Å². The molecule has 5 rings (SSSR count). The molecular formula is C28H24ClN3O2. The minimum absolute atomic E-state index is 0.0736. The van der Waals surface area contributed by atoms with Gasteiger partial charge in [-0.15, -0.1) is 0 Å². The summed E-state index contributed by atoms with van der Waals surface area (Å²) in [5.41, 5.74) is 3.04. The van der Waals surface area contributed by atoms with E-state index in [1.54, 1.807) is 24.3 Å². The zero-order chi connectivity index (χ0) is 23.5. The molecule has 0 aromatic heterocycles. The van der Waals surface area contributed by atoms with Gasteiger partial charge in [0, 0.05) is 53.7 Å². The summed E-state index contributed by atoms with van der Waals surface area (Å²) in [4.78, 5) is 29.6. The lowest BCUT2D eigenvalue weighted by atomic mass is 10.1. The Hall–Kier alpha value is -3.83. The first-order chi connectivity index (χ1) is 16.6. The number of nitrogens with one attached hydrogen (secondary N) is 1. The molecule has 0 radical (unpaired) electrons. The van der Waals surface area contributed by atoms with Gasteiger partial charge in [0.1, 0.15) is 0 Å². The van der Waals surface area contributed by atoms with Crippen LogP contribution in [0.15, 0.2) is 91.0 Å². The second-order valence-corrected chi connectivity index (χ2v) is 8.79. The van der Waals surface area contributed by atoms with Crippen LogP contribution in [-0.2, 0) is 0 Å². The van der Waals surface area contributed by atoms with E-state index in [9.17, 15) is 9.59 Å². The third-order valence-electron chi connectivity index (χ3n) is 6.14. The molecule has 34 heavy (non-hydrogen) atoms. The van der Waals surface area contributed by atoms with Crippen molar-refractivity contribution >= 4 is 45.6 Å². The van der Waals surface area contributed by atoms with Gasteiger partial charge in [-0.25, -0.2) is 0 Å². The van der Waals surface area contributed by atoms with Crippen molar-refractivity contribution in [3.8, 4) is 0 Å². The Morgan fingerprint density at radius 1 is 0.706 bits per heavy atom. The summed E-state index contributed by atoms with van der Waals surface area (Å²) in [6.07, 6.45) is 0. The molecule has 0 unspecified atom stereocenters. The summed E-state index contributed by atoms with van der Waals surface area (Å²) >= 11 is 5.98. The van der Waals surface area contributed by atoms with Crippen molar-refractivity contribution in [2.75, 3.05) is 36.4 Å². The van der Waals surface area contributed by atoms with Crippen molar-refractivity contribution in [2.24, 2.45) is 0 Å². The summed E-state index contributed by atoms with van der Waals surface area (Å²) in [6.45, 7) is 2.85. The third-order valence-corrected chi connectivity index (χ3v) is 6.38.